The minimum atomic E-state index is -0.885. The fourth-order valence-corrected chi connectivity index (χ4v) is 8.80. The lowest BCUT2D eigenvalue weighted by Crippen LogP contribution is -2.61. The van der Waals surface area contributed by atoms with Gasteiger partial charge in [-0.1, -0.05) is 97.1 Å². The predicted octanol–water partition coefficient (Wildman–Crippen LogP) is 7.11. The van der Waals surface area contributed by atoms with Gasteiger partial charge in [-0.2, -0.15) is 0 Å². The Kier molecular flexibility index (Phi) is 13.5. The van der Waals surface area contributed by atoms with Crippen molar-refractivity contribution in [2.45, 2.75) is 133 Å². The van der Waals surface area contributed by atoms with E-state index in [0.29, 0.717) is 24.7 Å². The van der Waals surface area contributed by atoms with Gasteiger partial charge in [-0.3, -0.25) is 4.79 Å². The molecule has 3 aromatic carbocycles. The van der Waals surface area contributed by atoms with Crippen LogP contribution in [0.25, 0.3) is 0 Å². The maximum absolute atomic E-state index is 13.0. The summed E-state index contributed by atoms with van der Waals surface area (Å²) in [6.45, 7) is 12.1. The van der Waals surface area contributed by atoms with E-state index in [1.165, 1.54) is 11.8 Å². The molecule has 4 fully saturated rings. The smallest absolute Gasteiger partial charge is 0.190 e. The molecule has 12 heteroatoms. The molecule has 56 heavy (non-hydrogen) atoms. The molecule has 0 radical (unpaired) electrons. The summed E-state index contributed by atoms with van der Waals surface area (Å²) in [5, 5.41) is -0.547. The lowest BCUT2D eigenvalue weighted by atomic mass is 9.99. The van der Waals surface area contributed by atoms with Crippen molar-refractivity contribution in [3.8, 4) is 0 Å². The van der Waals surface area contributed by atoms with Gasteiger partial charge in [0.25, 0.3) is 0 Å². The van der Waals surface area contributed by atoms with E-state index in [1.54, 1.807) is 6.92 Å². The van der Waals surface area contributed by atoms with Gasteiger partial charge in [0.1, 0.15) is 42.7 Å². The van der Waals surface area contributed by atoms with Crippen molar-refractivity contribution < 1.29 is 52.2 Å². The van der Waals surface area contributed by atoms with Crippen molar-refractivity contribution in [1.82, 2.24) is 0 Å². The van der Waals surface area contributed by atoms with Crippen molar-refractivity contribution in [1.29, 1.82) is 0 Å². The van der Waals surface area contributed by atoms with Gasteiger partial charge < -0.3 is 47.4 Å². The van der Waals surface area contributed by atoms with Crippen LogP contribution in [0.3, 0.4) is 0 Å². The zero-order valence-corrected chi connectivity index (χ0v) is 33.8. The van der Waals surface area contributed by atoms with Crippen LogP contribution in [-0.4, -0.2) is 91.1 Å². The molecule has 3 aromatic rings. The minimum absolute atomic E-state index is 0.0686. The number of carbonyl (C=O) groups excluding carboxylic acids is 1. The van der Waals surface area contributed by atoms with E-state index in [0.717, 1.165) is 16.7 Å². The second kappa shape index (κ2) is 18.3. The molecule has 0 spiro atoms. The Bertz CT molecular complexity index is 1740. The van der Waals surface area contributed by atoms with Gasteiger partial charge in [0.2, 0.25) is 0 Å². The van der Waals surface area contributed by atoms with Crippen molar-refractivity contribution in [2.75, 3.05) is 13.2 Å². The van der Waals surface area contributed by atoms with Crippen LogP contribution in [0.15, 0.2) is 102 Å². The molecule has 0 saturated carbocycles. The number of allylic oxidation sites excluding steroid dienone is 2. The van der Waals surface area contributed by atoms with Crippen LogP contribution in [0.5, 0.6) is 0 Å². The summed E-state index contributed by atoms with van der Waals surface area (Å²) < 4.78 is 65.4. The minimum Gasteiger partial charge on any atom is -0.374 e. The van der Waals surface area contributed by atoms with Crippen LogP contribution in [0.4, 0.5) is 0 Å². The molecule has 4 heterocycles. The molecule has 7 rings (SSSR count). The van der Waals surface area contributed by atoms with Crippen LogP contribution in [0, 0.1) is 0 Å². The van der Waals surface area contributed by atoms with Crippen LogP contribution in [-0.2, 0) is 72.0 Å². The average Bonchev–Trinajstić information content (AvgIpc) is 3.69. The number of ketones is 1. The lowest BCUT2D eigenvalue weighted by molar-refractivity contribution is -0.293. The Balaban J connectivity index is 1.20. The molecule has 0 amide bonds. The molecule has 4 saturated heterocycles. The van der Waals surface area contributed by atoms with Crippen LogP contribution in [0.1, 0.15) is 58.2 Å². The summed E-state index contributed by atoms with van der Waals surface area (Å²) in [4.78, 5) is 13.5. The molecular weight excluding hydrogens is 737 g/mol. The maximum atomic E-state index is 13.0. The standard InChI is InChI=1S/C44H54O11S/c1-7-34(28(2)45)56-40-38(48-25-31-21-15-10-16-22-31)35(47-24-30-19-13-9-14-20-30)32(26-46-23-29-17-11-8-12-18-29)51-42(40)49-27-33-36-37(53-43(3,4)52-36)39-41(50-33)55-44(5,6)54-39/h7-22,32-33,35-42H,23-27H2,1-6H3/b34-7-/t32-,33-,35-,36+,37+,38+,39-,40+,41-,42+/m1/s1. The third-order valence-corrected chi connectivity index (χ3v) is 11.6. The zero-order valence-electron chi connectivity index (χ0n) is 32.9. The number of fused-ring (bicyclic) bond motifs is 3. The molecule has 302 valence electrons. The third kappa shape index (κ3) is 10.2. The van der Waals surface area contributed by atoms with Gasteiger partial charge in [0, 0.05) is 4.91 Å². The SMILES string of the molecule is C/C=C(\S[C@@H]1[C@@H](OC[C@H]2O[C@@H]3OC(C)(C)O[C@@H]3[C@H]3OC(C)(C)O[C@H]32)O[C@H](COCc2ccccc2)[C@@H](OCc2ccccc2)[C@@H]1OCc1ccccc1)C(C)=O. The monoisotopic (exact) mass is 790 g/mol. The van der Waals surface area contributed by atoms with Gasteiger partial charge in [0.15, 0.2) is 29.9 Å². The molecule has 0 N–H and O–H groups in total. The molecule has 4 aliphatic rings. The highest BCUT2D eigenvalue weighted by Crippen LogP contribution is 2.45. The summed E-state index contributed by atoms with van der Waals surface area (Å²) >= 11 is 1.37. The normalized spacial score (nSPS) is 32.1. The molecular formula is C44H54O11S. The average molecular weight is 791 g/mol. The van der Waals surface area contributed by atoms with Crippen molar-refractivity contribution >= 4 is 17.5 Å². The molecule has 0 aromatic heterocycles. The van der Waals surface area contributed by atoms with Crippen LogP contribution >= 0.6 is 11.8 Å². The molecule has 4 aliphatic heterocycles. The highest BCUT2D eigenvalue weighted by Gasteiger charge is 2.61. The summed E-state index contributed by atoms with van der Waals surface area (Å²) in [7, 11) is 0. The van der Waals surface area contributed by atoms with Gasteiger partial charge in [-0.25, -0.2) is 0 Å². The number of hydrogen-bond acceptors (Lipinski definition) is 12. The van der Waals surface area contributed by atoms with Crippen LogP contribution in [0.2, 0.25) is 0 Å². The highest BCUT2D eigenvalue weighted by atomic mass is 32.2. The Morgan fingerprint density at radius 3 is 1.77 bits per heavy atom. The number of ether oxygens (including phenoxy) is 10. The number of rotatable bonds is 16. The van der Waals surface area contributed by atoms with Gasteiger partial charge in [0.05, 0.1) is 38.3 Å². The number of benzene rings is 3. The first-order valence-corrected chi connectivity index (χ1v) is 20.3. The Morgan fingerprint density at radius 2 is 1.18 bits per heavy atom. The summed E-state index contributed by atoms with van der Waals surface area (Å²) in [6.07, 6.45) is -3.59. The van der Waals surface area contributed by atoms with Gasteiger partial charge in [-0.15, -0.1) is 11.8 Å². The Labute approximate surface area is 334 Å². The van der Waals surface area contributed by atoms with E-state index in [1.807, 2.05) is 132 Å². The van der Waals surface area contributed by atoms with Gasteiger partial charge >= 0.3 is 0 Å². The first kappa shape index (κ1) is 41.2. The molecule has 0 unspecified atom stereocenters. The van der Waals surface area contributed by atoms with E-state index in [2.05, 4.69) is 0 Å². The topological polar surface area (TPSA) is 109 Å². The second-order valence-corrected chi connectivity index (χ2v) is 16.6. The first-order chi connectivity index (χ1) is 27.0. The number of carbonyl (C=O) groups is 1. The Hall–Kier alpha value is -2.98. The number of thioether (sulfide) groups is 1. The zero-order chi connectivity index (χ0) is 39.3. The first-order valence-electron chi connectivity index (χ1n) is 19.4. The second-order valence-electron chi connectivity index (χ2n) is 15.4. The van der Waals surface area contributed by atoms with Crippen molar-refractivity contribution in [2.24, 2.45) is 0 Å². The van der Waals surface area contributed by atoms with Gasteiger partial charge in [-0.05, 0) is 58.2 Å². The fourth-order valence-electron chi connectivity index (χ4n) is 7.58. The predicted molar refractivity (Wildman–Crippen MR) is 209 cm³/mol. The molecule has 11 nitrogen and oxygen atoms in total. The fraction of sp³-hybridized carbons (Fsp3) is 0.523. The van der Waals surface area contributed by atoms with E-state index in [4.69, 9.17) is 47.4 Å². The number of Topliss-reactive ketones (excluding diaryl/α,β-unsaturated/α-hetero) is 1. The van der Waals surface area contributed by atoms with E-state index in [9.17, 15) is 4.79 Å². The largest absolute Gasteiger partial charge is 0.374 e. The summed E-state index contributed by atoms with van der Waals surface area (Å²) in [5.74, 6) is -1.80. The highest BCUT2D eigenvalue weighted by molar-refractivity contribution is 8.04. The third-order valence-electron chi connectivity index (χ3n) is 10.1. The van der Waals surface area contributed by atoms with Crippen LogP contribution < -0.4 is 0 Å². The molecule has 0 bridgehead atoms. The number of hydrogen-bond donors (Lipinski definition) is 0. The quantitative estimate of drug-likeness (QED) is 0.138. The van der Waals surface area contributed by atoms with Crippen molar-refractivity contribution in [3.63, 3.8) is 0 Å². The lowest BCUT2D eigenvalue weighted by Gasteiger charge is -2.46. The molecule has 0 aliphatic carbocycles. The van der Waals surface area contributed by atoms with E-state index >= 15 is 0 Å². The van der Waals surface area contributed by atoms with E-state index < -0.39 is 72.1 Å². The Morgan fingerprint density at radius 1 is 0.643 bits per heavy atom. The van der Waals surface area contributed by atoms with E-state index in [-0.39, 0.29) is 19.0 Å². The summed E-state index contributed by atoms with van der Waals surface area (Å²) in [6, 6.07) is 30.0. The maximum Gasteiger partial charge on any atom is 0.190 e. The molecule has 10 atom stereocenters. The summed E-state index contributed by atoms with van der Waals surface area (Å²) in [5.41, 5.74) is 3.03. The van der Waals surface area contributed by atoms with Crippen molar-refractivity contribution in [3.05, 3.63) is 119 Å².